The van der Waals surface area contributed by atoms with Crippen LogP contribution in [-0.4, -0.2) is 0 Å². The molecule has 2 unspecified atom stereocenters. The number of hydrogen-bond acceptors (Lipinski definition) is 0. The Labute approximate surface area is 92.5 Å². The van der Waals surface area contributed by atoms with E-state index in [-0.39, 0.29) is 0 Å². The highest BCUT2D eigenvalue weighted by atomic mass is 14.3. The van der Waals surface area contributed by atoms with Crippen LogP contribution in [0.25, 0.3) is 0 Å². The summed E-state index contributed by atoms with van der Waals surface area (Å²) < 4.78 is 0. The Morgan fingerprint density at radius 3 is 1.21 bits per heavy atom. The number of rotatable bonds is 2. The van der Waals surface area contributed by atoms with E-state index in [1.165, 1.54) is 6.42 Å². The third kappa shape index (κ3) is 7.41. The first-order valence-electron chi connectivity index (χ1n) is 6.18. The van der Waals surface area contributed by atoms with Crippen molar-refractivity contribution in [2.24, 2.45) is 23.2 Å². The second-order valence-electron chi connectivity index (χ2n) is 5.96. The van der Waals surface area contributed by atoms with Gasteiger partial charge in [-0.25, -0.2) is 0 Å². The topological polar surface area (TPSA) is 0 Å². The van der Waals surface area contributed by atoms with Gasteiger partial charge in [0.05, 0.1) is 0 Å². The SMILES string of the molecule is CC(C)C(C)C(C)C(C)(C)C.CCC. The highest BCUT2D eigenvalue weighted by Crippen LogP contribution is 2.34. The molecular weight excluding hydrogens is 168 g/mol. The van der Waals surface area contributed by atoms with Crippen LogP contribution in [0.1, 0.15) is 68.7 Å². The molecule has 88 valence electrons. The van der Waals surface area contributed by atoms with Crippen molar-refractivity contribution < 1.29 is 0 Å². The molecule has 14 heavy (non-hydrogen) atoms. The fourth-order valence-electron chi connectivity index (χ4n) is 1.37. The Morgan fingerprint density at radius 1 is 0.857 bits per heavy atom. The quantitative estimate of drug-likeness (QED) is 0.561. The van der Waals surface area contributed by atoms with Gasteiger partial charge in [0.2, 0.25) is 0 Å². The van der Waals surface area contributed by atoms with E-state index in [0.717, 1.165) is 17.8 Å². The minimum Gasteiger partial charge on any atom is -0.0656 e. The molecule has 0 fully saturated rings. The second kappa shape index (κ2) is 7.31. The lowest BCUT2D eigenvalue weighted by Gasteiger charge is -2.34. The van der Waals surface area contributed by atoms with Crippen molar-refractivity contribution in [1.82, 2.24) is 0 Å². The Morgan fingerprint density at radius 2 is 1.14 bits per heavy atom. The van der Waals surface area contributed by atoms with Crippen LogP contribution < -0.4 is 0 Å². The highest BCUT2D eigenvalue weighted by Gasteiger charge is 2.26. The molecule has 0 saturated heterocycles. The molecular formula is C14H32. The fraction of sp³-hybridized carbons (Fsp3) is 1.00. The average Bonchev–Trinajstić information content (AvgIpc) is 2.01. The summed E-state index contributed by atoms with van der Waals surface area (Å²) in [5, 5.41) is 0. The first-order chi connectivity index (χ1) is 6.18. The summed E-state index contributed by atoms with van der Waals surface area (Å²) in [4.78, 5) is 0. The summed E-state index contributed by atoms with van der Waals surface area (Å²) in [7, 11) is 0. The van der Waals surface area contributed by atoms with Crippen molar-refractivity contribution in [2.45, 2.75) is 68.7 Å². The summed E-state index contributed by atoms with van der Waals surface area (Å²) in [5.74, 6) is 2.45. The summed E-state index contributed by atoms with van der Waals surface area (Å²) in [6, 6.07) is 0. The maximum absolute atomic E-state index is 2.37. The molecule has 0 aliphatic carbocycles. The zero-order chi connectivity index (χ0) is 11.9. The van der Waals surface area contributed by atoms with Gasteiger partial charge < -0.3 is 0 Å². The molecule has 0 aromatic rings. The molecule has 0 heterocycles. The van der Waals surface area contributed by atoms with Crippen LogP contribution in [0.4, 0.5) is 0 Å². The Balaban J connectivity index is 0. The van der Waals surface area contributed by atoms with Crippen molar-refractivity contribution in [2.75, 3.05) is 0 Å². The molecule has 0 saturated carbocycles. The zero-order valence-corrected chi connectivity index (χ0v) is 11.9. The minimum atomic E-state index is 0.462. The third-order valence-electron chi connectivity index (χ3n) is 3.21. The van der Waals surface area contributed by atoms with E-state index in [1.54, 1.807) is 0 Å². The highest BCUT2D eigenvalue weighted by molar-refractivity contribution is 4.76. The lowest BCUT2D eigenvalue weighted by molar-refractivity contribution is 0.152. The second-order valence-corrected chi connectivity index (χ2v) is 5.96. The van der Waals surface area contributed by atoms with Crippen LogP contribution in [0.5, 0.6) is 0 Å². The van der Waals surface area contributed by atoms with Crippen LogP contribution in [0.15, 0.2) is 0 Å². The standard InChI is InChI=1S/C11H24.C3H8/c1-8(2)9(3)10(4)11(5,6)7;1-3-2/h8-10H,1-7H3;3H2,1-2H3. The van der Waals surface area contributed by atoms with Gasteiger partial charge in [-0.15, -0.1) is 0 Å². The first-order valence-corrected chi connectivity index (χ1v) is 6.18. The van der Waals surface area contributed by atoms with Crippen LogP contribution in [0.3, 0.4) is 0 Å². The fourth-order valence-corrected chi connectivity index (χ4v) is 1.37. The van der Waals surface area contributed by atoms with Gasteiger partial charge in [-0.1, -0.05) is 68.7 Å². The van der Waals surface area contributed by atoms with E-state index in [1.807, 2.05) is 0 Å². The molecule has 2 atom stereocenters. The smallest absolute Gasteiger partial charge is 0.0354 e. The van der Waals surface area contributed by atoms with Gasteiger partial charge in [-0.3, -0.25) is 0 Å². The van der Waals surface area contributed by atoms with Gasteiger partial charge in [0.15, 0.2) is 0 Å². The Kier molecular flexibility index (Phi) is 8.58. The molecule has 0 aliphatic heterocycles. The summed E-state index contributed by atoms with van der Waals surface area (Å²) in [5.41, 5.74) is 0.462. The predicted molar refractivity (Wildman–Crippen MR) is 68.6 cm³/mol. The molecule has 0 spiro atoms. The molecule has 0 bridgehead atoms. The average molecular weight is 200 g/mol. The van der Waals surface area contributed by atoms with Gasteiger partial charge in [-0.2, -0.15) is 0 Å². The number of hydrogen-bond donors (Lipinski definition) is 0. The van der Waals surface area contributed by atoms with E-state index in [4.69, 9.17) is 0 Å². The monoisotopic (exact) mass is 200 g/mol. The molecule has 0 rings (SSSR count). The molecule has 0 aromatic carbocycles. The van der Waals surface area contributed by atoms with Gasteiger partial charge in [0.1, 0.15) is 0 Å². The summed E-state index contributed by atoms with van der Waals surface area (Å²) in [6.45, 7) is 20.6. The van der Waals surface area contributed by atoms with Crippen molar-refractivity contribution in [3.63, 3.8) is 0 Å². The molecule has 0 aromatic heterocycles. The largest absolute Gasteiger partial charge is 0.0656 e. The van der Waals surface area contributed by atoms with E-state index in [0.29, 0.717) is 5.41 Å². The van der Waals surface area contributed by atoms with Crippen molar-refractivity contribution in [3.05, 3.63) is 0 Å². The third-order valence-corrected chi connectivity index (χ3v) is 3.21. The lowest BCUT2D eigenvalue weighted by Crippen LogP contribution is -2.26. The van der Waals surface area contributed by atoms with Crippen LogP contribution in [0, 0.1) is 23.2 Å². The zero-order valence-electron chi connectivity index (χ0n) is 11.9. The Bertz CT molecular complexity index is 116. The van der Waals surface area contributed by atoms with Gasteiger partial charge in [0.25, 0.3) is 0 Å². The van der Waals surface area contributed by atoms with Crippen molar-refractivity contribution in [3.8, 4) is 0 Å². The predicted octanol–water partition coefficient (Wildman–Crippen LogP) is 5.38. The molecule has 0 heteroatoms. The maximum Gasteiger partial charge on any atom is -0.0354 e. The molecule has 0 nitrogen and oxygen atoms in total. The summed E-state index contributed by atoms with van der Waals surface area (Å²) >= 11 is 0. The van der Waals surface area contributed by atoms with Gasteiger partial charge >= 0.3 is 0 Å². The maximum atomic E-state index is 2.37. The van der Waals surface area contributed by atoms with E-state index < -0.39 is 0 Å². The van der Waals surface area contributed by atoms with Crippen LogP contribution in [-0.2, 0) is 0 Å². The molecule has 0 amide bonds. The molecule has 0 N–H and O–H groups in total. The van der Waals surface area contributed by atoms with Crippen LogP contribution >= 0.6 is 0 Å². The van der Waals surface area contributed by atoms with Crippen molar-refractivity contribution in [1.29, 1.82) is 0 Å². The molecule has 0 aliphatic rings. The summed E-state index contributed by atoms with van der Waals surface area (Å²) in [6.07, 6.45) is 1.25. The Hall–Kier alpha value is 0. The van der Waals surface area contributed by atoms with Crippen LogP contribution in [0.2, 0.25) is 0 Å². The van der Waals surface area contributed by atoms with Crippen molar-refractivity contribution >= 4 is 0 Å². The molecule has 0 radical (unpaired) electrons. The van der Waals surface area contributed by atoms with E-state index >= 15 is 0 Å². The van der Waals surface area contributed by atoms with Gasteiger partial charge in [0, 0.05) is 0 Å². The van der Waals surface area contributed by atoms with E-state index in [2.05, 4.69) is 62.3 Å². The normalized spacial score (nSPS) is 15.9. The lowest BCUT2D eigenvalue weighted by atomic mass is 9.71. The van der Waals surface area contributed by atoms with Gasteiger partial charge in [-0.05, 0) is 23.2 Å². The van der Waals surface area contributed by atoms with E-state index in [9.17, 15) is 0 Å². The minimum absolute atomic E-state index is 0.462. The first kappa shape index (κ1) is 16.4.